The molecule has 192 valence electrons. The molecule has 0 spiro atoms. The zero-order valence-electron chi connectivity index (χ0n) is 21.4. The van der Waals surface area contributed by atoms with Gasteiger partial charge in [-0.2, -0.15) is 5.26 Å². The van der Waals surface area contributed by atoms with Crippen molar-refractivity contribution >= 4 is 46.0 Å². The van der Waals surface area contributed by atoms with Gasteiger partial charge in [-0.25, -0.2) is 4.99 Å². The Kier molecular flexibility index (Phi) is 8.06. The molecule has 6 nitrogen and oxygen atoms in total. The molecule has 1 N–H and O–H groups in total. The minimum Gasteiger partial charge on any atom is -0.384 e. The maximum Gasteiger partial charge on any atom is 0.245 e. The van der Waals surface area contributed by atoms with Crippen LogP contribution >= 0.6 is 23.5 Å². The van der Waals surface area contributed by atoms with Crippen LogP contribution in [0.4, 0.5) is 11.4 Å². The molecule has 2 heterocycles. The average molecular weight is 540 g/mol. The fourth-order valence-electron chi connectivity index (χ4n) is 4.52. The van der Waals surface area contributed by atoms with Crippen molar-refractivity contribution in [3.63, 3.8) is 0 Å². The van der Waals surface area contributed by atoms with E-state index in [-0.39, 0.29) is 16.5 Å². The highest BCUT2D eigenvalue weighted by molar-refractivity contribution is 8.16. The van der Waals surface area contributed by atoms with Gasteiger partial charge in [0.25, 0.3) is 0 Å². The lowest BCUT2D eigenvalue weighted by Gasteiger charge is -2.27. The summed E-state index contributed by atoms with van der Waals surface area (Å²) in [5.41, 5.74) is 5.54. The number of nitrogens with one attached hydrogen (secondary N) is 1. The standard InChI is InChI=1S/C30H29N5OS2/c1-3-32-25-15-14-23(18-31)17-26(25)33-30-35(19-22-12-8-5-9-13-22)28(36)27(38-30)29-34(2)24(20-37-29)16-21-10-6-4-7-11-21/h4-15,17,20,27,29,32H,3,16,19H2,1-2H3. The van der Waals surface area contributed by atoms with Gasteiger partial charge in [-0.05, 0) is 41.7 Å². The summed E-state index contributed by atoms with van der Waals surface area (Å²) >= 11 is 3.21. The molecule has 2 aliphatic rings. The molecule has 5 rings (SSSR count). The maximum absolute atomic E-state index is 13.9. The second-order valence-corrected chi connectivity index (χ2v) is 11.2. The number of carbonyl (C=O) groups is 1. The summed E-state index contributed by atoms with van der Waals surface area (Å²) in [5, 5.41) is 15.3. The van der Waals surface area contributed by atoms with Crippen LogP contribution in [-0.2, 0) is 17.8 Å². The third-order valence-electron chi connectivity index (χ3n) is 6.53. The number of anilines is 1. The quantitative estimate of drug-likeness (QED) is 0.367. The van der Waals surface area contributed by atoms with Gasteiger partial charge in [-0.15, -0.1) is 11.8 Å². The van der Waals surface area contributed by atoms with E-state index in [9.17, 15) is 10.1 Å². The van der Waals surface area contributed by atoms with Gasteiger partial charge in [0.05, 0.1) is 34.9 Å². The molecule has 2 aliphatic heterocycles. The van der Waals surface area contributed by atoms with Gasteiger partial charge in [0.2, 0.25) is 5.91 Å². The van der Waals surface area contributed by atoms with Crippen LogP contribution in [-0.4, -0.2) is 45.1 Å². The molecular formula is C30H29N5OS2. The molecule has 2 atom stereocenters. The first-order chi connectivity index (χ1) is 18.6. The topological polar surface area (TPSA) is 71.7 Å². The van der Waals surface area contributed by atoms with Crippen LogP contribution in [0.1, 0.15) is 23.6 Å². The molecule has 1 fully saturated rings. The first kappa shape index (κ1) is 26.0. The van der Waals surface area contributed by atoms with Crippen molar-refractivity contribution in [2.75, 3.05) is 18.9 Å². The van der Waals surface area contributed by atoms with Gasteiger partial charge in [0.1, 0.15) is 5.25 Å². The number of carbonyl (C=O) groups excluding carboxylic acids is 1. The van der Waals surface area contributed by atoms with Crippen molar-refractivity contribution in [2.45, 2.75) is 30.5 Å². The minimum atomic E-state index is -0.307. The van der Waals surface area contributed by atoms with Crippen molar-refractivity contribution in [3.05, 3.63) is 107 Å². The second kappa shape index (κ2) is 11.8. The summed E-state index contributed by atoms with van der Waals surface area (Å²) in [6.07, 6.45) is 0.827. The Morgan fingerprint density at radius 2 is 1.74 bits per heavy atom. The lowest BCUT2D eigenvalue weighted by molar-refractivity contribution is -0.126. The normalized spacial score (nSPS) is 20.1. The number of thioether (sulfide) groups is 2. The van der Waals surface area contributed by atoms with Crippen molar-refractivity contribution < 1.29 is 4.79 Å². The zero-order valence-corrected chi connectivity index (χ0v) is 23.0. The fraction of sp³-hybridized carbons (Fsp3) is 0.233. The Morgan fingerprint density at radius 1 is 1.03 bits per heavy atom. The van der Waals surface area contributed by atoms with E-state index in [4.69, 9.17) is 4.99 Å². The number of allylic oxidation sites excluding steroid dienone is 1. The number of likely N-dealkylation sites (N-methyl/N-ethyl adjacent to an activating group) is 1. The highest BCUT2D eigenvalue weighted by Crippen LogP contribution is 2.43. The van der Waals surface area contributed by atoms with E-state index in [1.165, 1.54) is 23.0 Å². The van der Waals surface area contributed by atoms with Gasteiger partial charge in [0, 0.05) is 25.7 Å². The summed E-state index contributed by atoms with van der Waals surface area (Å²) in [4.78, 5) is 22.9. The molecule has 3 aromatic carbocycles. The lowest BCUT2D eigenvalue weighted by atomic mass is 10.1. The van der Waals surface area contributed by atoms with E-state index in [1.807, 2.05) is 49.4 Å². The van der Waals surface area contributed by atoms with Crippen LogP contribution < -0.4 is 5.32 Å². The molecule has 0 radical (unpaired) electrons. The predicted molar refractivity (Wildman–Crippen MR) is 158 cm³/mol. The summed E-state index contributed by atoms with van der Waals surface area (Å²) in [7, 11) is 2.07. The van der Waals surface area contributed by atoms with Crippen LogP contribution in [0.5, 0.6) is 0 Å². The third kappa shape index (κ3) is 5.59. The lowest BCUT2D eigenvalue weighted by Crippen LogP contribution is -2.40. The largest absolute Gasteiger partial charge is 0.384 e. The SMILES string of the molecule is CCNc1ccc(C#N)cc1N=C1SC(C2SC=C(Cc3ccccc3)N2C)C(=O)N1Cc1ccccc1. The van der Waals surface area contributed by atoms with Crippen LogP contribution in [0.25, 0.3) is 0 Å². The second-order valence-electron chi connectivity index (χ2n) is 9.13. The fourth-order valence-corrected chi connectivity index (χ4v) is 7.19. The van der Waals surface area contributed by atoms with Crippen molar-refractivity contribution in [1.29, 1.82) is 5.26 Å². The Balaban J connectivity index is 1.45. The van der Waals surface area contributed by atoms with E-state index >= 15 is 0 Å². The number of aliphatic imine (C=N–C) groups is 1. The summed E-state index contributed by atoms with van der Waals surface area (Å²) in [5.74, 6) is 0.0535. The van der Waals surface area contributed by atoms with Gasteiger partial charge >= 0.3 is 0 Å². The Labute approximate surface area is 232 Å². The molecule has 0 bridgehead atoms. The molecule has 3 aromatic rings. The van der Waals surface area contributed by atoms with Crippen LogP contribution in [0, 0.1) is 11.3 Å². The maximum atomic E-state index is 13.9. The Hall–Kier alpha value is -3.67. The first-order valence-corrected chi connectivity index (χ1v) is 14.4. The first-order valence-electron chi connectivity index (χ1n) is 12.6. The number of amidine groups is 1. The molecule has 38 heavy (non-hydrogen) atoms. The third-order valence-corrected chi connectivity index (χ3v) is 9.22. The van der Waals surface area contributed by atoms with Crippen LogP contribution in [0.3, 0.4) is 0 Å². The molecule has 0 saturated carbocycles. The highest BCUT2D eigenvalue weighted by Gasteiger charge is 2.46. The summed E-state index contributed by atoms with van der Waals surface area (Å²) in [6.45, 7) is 3.20. The number of hydrogen-bond donors (Lipinski definition) is 1. The summed E-state index contributed by atoms with van der Waals surface area (Å²) in [6, 6.07) is 28.0. The number of nitrogens with zero attached hydrogens (tertiary/aromatic N) is 4. The summed E-state index contributed by atoms with van der Waals surface area (Å²) < 4.78 is 0. The molecule has 2 unspecified atom stereocenters. The molecular weight excluding hydrogens is 510 g/mol. The monoisotopic (exact) mass is 539 g/mol. The average Bonchev–Trinajstić information content (AvgIpc) is 3.45. The Bertz CT molecular complexity index is 1400. The number of benzene rings is 3. The molecule has 0 aromatic heterocycles. The van der Waals surface area contributed by atoms with Crippen LogP contribution in [0.15, 0.2) is 95.0 Å². The zero-order chi connectivity index (χ0) is 26.5. The molecule has 0 aliphatic carbocycles. The number of nitriles is 1. The molecule has 1 amide bonds. The minimum absolute atomic E-state index is 0.0316. The number of rotatable bonds is 8. The van der Waals surface area contributed by atoms with Crippen molar-refractivity contribution in [2.24, 2.45) is 4.99 Å². The smallest absolute Gasteiger partial charge is 0.245 e. The van der Waals surface area contributed by atoms with Gasteiger partial charge < -0.3 is 10.2 Å². The van der Waals surface area contributed by atoms with Crippen molar-refractivity contribution in [3.8, 4) is 6.07 Å². The van der Waals surface area contributed by atoms with Gasteiger partial charge in [0.15, 0.2) is 5.17 Å². The van der Waals surface area contributed by atoms with E-state index in [2.05, 4.69) is 53.0 Å². The van der Waals surface area contributed by atoms with Gasteiger partial charge in [-0.1, -0.05) is 72.4 Å². The Morgan fingerprint density at radius 3 is 2.42 bits per heavy atom. The molecule has 1 saturated heterocycles. The van der Waals surface area contributed by atoms with E-state index in [0.717, 1.165) is 24.2 Å². The number of amides is 1. The van der Waals surface area contributed by atoms with E-state index in [0.29, 0.717) is 23.0 Å². The molecule has 8 heteroatoms. The number of hydrogen-bond acceptors (Lipinski definition) is 7. The van der Waals surface area contributed by atoms with E-state index < -0.39 is 0 Å². The highest BCUT2D eigenvalue weighted by atomic mass is 32.2. The van der Waals surface area contributed by atoms with Crippen LogP contribution in [0.2, 0.25) is 0 Å². The van der Waals surface area contributed by atoms with Gasteiger partial charge in [-0.3, -0.25) is 9.69 Å². The van der Waals surface area contributed by atoms with E-state index in [1.54, 1.807) is 28.8 Å². The predicted octanol–water partition coefficient (Wildman–Crippen LogP) is 6.21. The van der Waals surface area contributed by atoms with Crippen molar-refractivity contribution in [1.82, 2.24) is 9.80 Å².